The van der Waals surface area contributed by atoms with Crippen LogP contribution in [0.5, 0.6) is 11.5 Å². The molecule has 0 bridgehead atoms. The standard InChI is InChI=1S/C16H21BrO3/c1-16(2,3)15(18)7-5-4-6-11-8-13-14(9-12(11)17)20-10-19-13/h8-9H,4-7,10H2,1-3H3. The second-order valence-electron chi connectivity index (χ2n) is 6.18. The number of aryl methyl sites for hydroxylation is 1. The quantitative estimate of drug-likeness (QED) is 0.740. The molecule has 0 fully saturated rings. The van der Waals surface area contributed by atoms with Gasteiger partial charge in [-0.25, -0.2) is 0 Å². The largest absolute Gasteiger partial charge is 0.454 e. The van der Waals surface area contributed by atoms with E-state index in [0.717, 1.165) is 35.2 Å². The molecule has 1 heterocycles. The monoisotopic (exact) mass is 340 g/mol. The molecular weight excluding hydrogens is 320 g/mol. The SMILES string of the molecule is CC(C)(C)C(=O)CCCCc1cc2c(cc1Br)OCO2. The number of unbranched alkanes of at least 4 members (excludes halogenated alkanes) is 1. The van der Waals surface area contributed by atoms with E-state index in [1.54, 1.807) is 0 Å². The van der Waals surface area contributed by atoms with Gasteiger partial charge < -0.3 is 9.47 Å². The number of fused-ring (bicyclic) bond motifs is 1. The predicted molar refractivity (Wildman–Crippen MR) is 82.3 cm³/mol. The summed E-state index contributed by atoms with van der Waals surface area (Å²) in [6, 6.07) is 3.98. The lowest BCUT2D eigenvalue weighted by Crippen LogP contribution is -2.19. The van der Waals surface area contributed by atoms with Crippen LogP contribution in [0.25, 0.3) is 0 Å². The van der Waals surface area contributed by atoms with Gasteiger partial charge in [0.25, 0.3) is 0 Å². The highest BCUT2D eigenvalue weighted by Gasteiger charge is 2.20. The zero-order valence-electron chi connectivity index (χ0n) is 12.3. The van der Waals surface area contributed by atoms with E-state index in [0.29, 0.717) is 19.0 Å². The minimum absolute atomic E-state index is 0.223. The van der Waals surface area contributed by atoms with Gasteiger partial charge in [-0.1, -0.05) is 36.7 Å². The van der Waals surface area contributed by atoms with Crippen LogP contribution < -0.4 is 9.47 Å². The molecule has 0 unspecified atom stereocenters. The number of hydrogen-bond donors (Lipinski definition) is 0. The van der Waals surface area contributed by atoms with Gasteiger partial charge >= 0.3 is 0 Å². The molecule has 0 saturated carbocycles. The first-order chi connectivity index (χ1) is 9.38. The number of halogens is 1. The van der Waals surface area contributed by atoms with Crippen LogP contribution in [-0.2, 0) is 11.2 Å². The van der Waals surface area contributed by atoms with E-state index in [1.807, 2.05) is 32.9 Å². The zero-order valence-corrected chi connectivity index (χ0v) is 13.9. The number of rotatable bonds is 5. The molecule has 0 amide bonds. The fourth-order valence-electron chi connectivity index (χ4n) is 2.13. The highest BCUT2D eigenvalue weighted by Crippen LogP contribution is 2.37. The first-order valence-electron chi connectivity index (χ1n) is 6.99. The molecule has 0 aromatic heterocycles. The fourth-order valence-corrected chi connectivity index (χ4v) is 2.65. The van der Waals surface area contributed by atoms with Crippen LogP contribution in [0.2, 0.25) is 0 Å². The van der Waals surface area contributed by atoms with Gasteiger partial charge in [-0.05, 0) is 37.0 Å². The molecular formula is C16H21BrO3. The highest BCUT2D eigenvalue weighted by molar-refractivity contribution is 9.10. The average Bonchev–Trinajstić information content (AvgIpc) is 2.80. The van der Waals surface area contributed by atoms with Crippen LogP contribution >= 0.6 is 15.9 Å². The molecule has 1 aromatic carbocycles. The summed E-state index contributed by atoms with van der Waals surface area (Å²) < 4.78 is 11.8. The maximum absolute atomic E-state index is 11.9. The van der Waals surface area contributed by atoms with Gasteiger partial charge in [0.15, 0.2) is 11.5 Å². The molecule has 0 radical (unpaired) electrons. The molecule has 1 aliphatic rings. The van der Waals surface area contributed by atoms with Crippen molar-refractivity contribution in [2.24, 2.45) is 5.41 Å². The number of ketones is 1. The van der Waals surface area contributed by atoms with Crippen molar-refractivity contribution in [2.45, 2.75) is 46.5 Å². The van der Waals surface area contributed by atoms with Crippen LogP contribution in [-0.4, -0.2) is 12.6 Å². The van der Waals surface area contributed by atoms with Crippen molar-refractivity contribution in [1.82, 2.24) is 0 Å². The topological polar surface area (TPSA) is 35.5 Å². The molecule has 4 heteroatoms. The Morgan fingerprint density at radius 1 is 1.20 bits per heavy atom. The van der Waals surface area contributed by atoms with Gasteiger partial charge in [0.05, 0.1) is 0 Å². The Morgan fingerprint density at radius 3 is 2.50 bits per heavy atom. The van der Waals surface area contributed by atoms with Crippen molar-refractivity contribution in [2.75, 3.05) is 6.79 Å². The van der Waals surface area contributed by atoms with E-state index >= 15 is 0 Å². The van der Waals surface area contributed by atoms with Crippen LogP contribution in [0.15, 0.2) is 16.6 Å². The van der Waals surface area contributed by atoms with E-state index in [1.165, 1.54) is 5.56 Å². The molecule has 1 aromatic rings. The summed E-state index contributed by atoms with van der Waals surface area (Å²) in [5.74, 6) is 1.94. The molecule has 0 N–H and O–H groups in total. The third-order valence-corrected chi connectivity index (χ3v) is 4.22. The Kier molecular flexibility index (Phi) is 4.74. The first-order valence-corrected chi connectivity index (χ1v) is 7.78. The minimum atomic E-state index is -0.223. The van der Waals surface area contributed by atoms with Crippen molar-refractivity contribution in [1.29, 1.82) is 0 Å². The second-order valence-corrected chi connectivity index (χ2v) is 7.03. The molecule has 0 aliphatic carbocycles. The number of benzene rings is 1. The number of Topliss-reactive ketones (excluding diaryl/α,β-unsaturated/α-hetero) is 1. The summed E-state index contributed by atoms with van der Waals surface area (Å²) in [6.45, 7) is 6.22. The summed E-state index contributed by atoms with van der Waals surface area (Å²) in [6.07, 6.45) is 3.53. The second kappa shape index (κ2) is 6.17. The van der Waals surface area contributed by atoms with Gasteiger partial charge in [0.1, 0.15) is 5.78 Å². The Morgan fingerprint density at radius 2 is 1.85 bits per heavy atom. The van der Waals surface area contributed by atoms with Crippen molar-refractivity contribution in [3.63, 3.8) is 0 Å². The van der Waals surface area contributed by atoms with Crippen LogP contribution in [0.3, 0.4) is 0 Å². The van der Waals surface area contributed by atoms with E-state index in [4.69, 9.17) is 9.47 Å². The lowest BCUT2D eigenvalue weighted by molar-refractivity contribution is -0.126. The smallest absolute Gasteiger partial charge is 0.231 e. The Hall–Kier alpha value is -1.03. The molecule has 0 saturated heterocycles. The van der Waals surface area contributed by atoms with Gasteiger partial charge in [-0.2, -0.15) is 0 Å². The predicted octanol–water partition coefficient (Wildman–Crippen LogP) is 4.51. The maximum atomic E-state index is 11.9. The molecule has 110 valence electrons. The summed E-state index contributed by atoms with van der Waals surface area (Å²) in [7, 11) is 0. The zero-order chi connectivity index (χ0) is 14.8. The highest BCUT2D eigenvalue weighted by atomic mass is 79.9. The van der Waals surface area contributed by atoms with Crippen LogP contribution in [0, 0.1) is 5.41 Å². The fraction of sp³-hybridized carbons (Fsp3) is 0.562. The van der Waals surface area contributed by atoms with Gasteiger partial charge in [-0.15, -0.1) is 0 Å². The average molecular weight is 341 g/mol. The number of ether oxygens (including phenoxy) is 2. The van der Waals surface area contributed by atoms with Crippen LogP contribution in [0.4, 0.5) is 0 Å². The maximum Gasteiger partial charge on any atom is 0.231 e. The normalized spacial score (nSPS) is 13.6. The molecule has 0 atom stereocenters. The van der Waals surface area contributed by atoms with Crippen molar-refractivity contribution in [3.05, 3.63) is 22.2 Å². The van der Waals surface area contributed by atoms with Crippen molar-refractivity contribution < 1.29 is 14.3 Å². The van der Waals surface area contributed by atoms with E-state index in [9.17, 15) is 4.79 Å². The number of hydrogen-bond acceptors (Lipinski definition) is 3. The number of carbonyl (C=O) groups excluding carboxylic acids is 1. The summed E-state index contributed by atoms with van der Waals surface area (Å²) in [5.41, 5.74) is 0.983. The summed E-state index contributed by atoms with van der Waals surface area (Å²) >= 11 is 3.56. The Balaban J connectivity index is 1.85. The lowest BCUT2D eigenvalue weighted by Gasteiger charge is -2.16. The lowest BCUT2D eigenvalue weighted by atomic mass is 9.87. The third kappa shape index (κ3) is 3.75. The van der Waals surface area contributed by atoms with E-state index < -0.39 is 0 Å². The summed E-state index contributed by atoms with van der Waals surface area (Å²) in [4.78, 5) is 11.9. The van der Waals surface area contributed by atoms with Crippen LogP contribution in [0.1, 0.15) is 45.6 Å². The van der Waals surface area contributed by atoms with Gasteiger partial charge in [0.2, 0.25) is 6.79 Å². The third-order valence-electron chi connectivity index (χ3n) is 3.48. The first kappa shape index (κ1) is 15.4. The minimum Gasteiger partial charge on any atom is -0.454 e. The summed E-state index contributed by atoms with van der Waals surface area (Å²) in [5, 5.41) is 0. The molecule has 0 spiro atoms. The van der Waals surface area contributed by atoms with Gasteiger partial charge in [0, 0.05) is 16.3 Å². The molecule has 20 heavy (non-hydrogen) atoms. The molecule has 3 nitrogen and oxygen atoms in total. The van der Waals surface area contributed by atoms with E-state index in [2.05, 4.69) is 15.9 Å². The molecule has 2 rings (SSSR count). The van der Waals surface area contributed by atoms with Crippen molar-refractivity contribution >= 4 is 21.7 Å². The number of carbonyl (C=O) groups is 1. The van der Waals surface area contributed by atoms with E-state index in [-0.39, 0.29) is 5.41 Å². The van der Waals surface area contributed by atoms with Gasteiger partial charge in [-0.3, -0.25) is 4.79 Å². The van der Waals surface area contributed by atoms with Crippen molar-refractivity contribution in [3.8, 4) is 11.5 Å². The molecule has 1 aliphatic heterocycles. The Labute approximate surface area is 128 Å². The Bertz CT molecular complexity index is 503.